The van der Waals surface area contributed by atoms with Crippen molar-refractivity contribution in [3.8, 4) is 0 Å². The zero-order chi connectivity index (χ0) is 19.6. The Morgan fingerprint density at radius 1 is 0.741 bits per heavy atom. The first-order valence-electron chi connectivity index (χ1n) is 9.60. The van der Waals surface area contributed by atoms with Gasteiger partial charge in [-0.1, -0.05) is 120 Å². The summed E-state index contributed by atoms with van der Waals surface area (Å²) in [6.45, 7) is 15.8. The van der Waals surface area contributed by atoms with Gasteiger partial charge in [0.15, 0.2) is 0 Å². The molecular formula is C27H40. The minimum Gasteiger partial charge on any atom is -0.103 e. The molecule has 0 N–H and O–H groups in total. The van der Waals surface area contributed by atoms with E-state index in [9.17, 15) is 0 Å². The fourth-order valence-electron chi connectivity index (χ4n) is 2.10. The molecule has 0 spiro atoms. The van der Waals surface area contributed by atoms with Crippen LogP contribution >= 0.6 is 0 Å². The van der Waals surface area contributed by atoms with Gasteiger partial charge in [0.25, 0.3) is 0 Å². The predicted molar refractivity (Wildman–Crippen MR) is 127 cm³/mol. The van der Waals surface area contributed by atoms with Crippen molar-refractivity contribution in [1.29, 1.82) is 0 Å². The Morgan fingerprint density at radius 3 is 1.48 bits per heavy atom. The Balaban J connectivity index is 0. The first kappa shape index (κ1) is 26.9. The Labute approximate surface area is 169 Å². The third-order valence-corrected chi connectivity index (χ3v) is 3.95. The highest BCUT2D eigenvalue weighted by atomic mass is 14.0. The van der Waals surface area contributed by atoms with Crippen LogP contribution in [0.4, 0.5) is 0 Å². The predicted octanol–water partition coefficient (Wildman–Crippen LogP) is 8.95. The Hall–Kier alpha value is -2.34. The average molecular weight is 365 g/mol. The highest BCUT2D eigenvalue weighted by Crippen LogP contribution is 2.15. The van der Waals surface area contributed by atoms with E-state index in [1.165, 1.54) is 11.1 Å². The normalized spacial score (nSPS) is 11.6. The second kappa shape index (κ2) is 18.5. The van der Waals surface area contributed by atoms with E-state index in [0.717, 1.165) is 12.8 Å². The fourth-order valence-corrected chi connectivity index (χ4v) is 2.10. The summed E-state index contributed by atoms with van der Waals surface area (Å²) in [4.78, 5) is 0. The number of benzene rings is 2. The van der Waals surface area contributed by atoms with Crippen molar-refractivity contribution in [1.82, 2.24) is 0 Å². The number of hydrogen-bond donors (Lipinski definition) is 0. The van der Waals surface area contributed by atoms with Crippen molar-refractivity contribution in [3.05, 3.63) is 109 Å². The summed E-state index contributed by atoms with van der Waals surface area (Å²) in [6.07, 6.45) is 10.5. The average Bonchev–Trinajstić information content (AvgIpc) is 2.73. The lowest BCUT2D eigenvalue weighted by Gasteiger charge is -2.04. The highest BCUT2D eigenvalue weighted by Gasteiger charge is 1.97. The van der Waals surface area contributed by atoms with Gasteiger partial charge >= 0.3 is 0 Å². The Kier molecular flexibility index (Phi) is 18.4. The molecule has 0 heteroatoms. The molecule has 148 valence electrons. The molecule has 0 bridgehead atoms. The molecule has 2 atom stereocenters. The van der Waals surface area contributed by atoms with Crippen LogP contribution in [-0.4, -0.2) is 0 Å². The van der Waals surface area contributed by atoms with Gasteiger partial charge in [0.1, 0.15) is 0 Å². The maximum Gasteiger partial charge on any atom is -0.00104 e. The fraction of sp³-hybridized carbons (Fsp3) is 0.333. The molecule has 0 aliphatic rings. The van der Waals surface area contributed by atoms with E-state index in [1.807, 2.05) is 18.2 Å². The van der Waals surface area contributed by atoms with Gasteiger partial charge in [0.2, 0.25) is 0 Å². The molecule has 27 heavy (non-hydrogen) atoms. The van der Waals surface area contributed by atoms with Crippen LogP contribution < -0.4 is 0 Å². The van der Waals surface area contributed by atoms with Gasteiger partial charge in [-0.05, 0) is 35.8 Å². The third kappa shape index (κ3) is 13.5. The van der Waals surface area contributed by atoms with E-state index in [-0.39, 0.29) is 7.43 Å². The Morgan fingerprint density at radius 2 is 1.15 bits per heavy atom. The Bertz CT molecular complexity index is 592. The minimum atomic E-state index is 0. The number of allylic oxidation sites excluding steroid dienone is 4. The lowest BCUT2D eigenvalue weighted by atomic mass is 10.0. The van der Waals surface area contributed by atoms with Gasteiger partial charge in [-0.3, -0.25) is 0 Å². The third-order valence-electron chi connectivity index (χ3n) is 3.95. The van der Waals surface area contributed by atoms with Crippen LogP contribution in [0, 0.1) is 0 Å². The summed E-state index contributed by atoms with van der Waals surface area (Å²) in [7, 11) is 0. The van der Waals surface area contributed by atoms with Crippen LogP contribution in [0.5, 0.6) is 0 Å². The number of hydrogen-bond acceptors (Lipinski definition) is 0. The summed E-state index contributed by atoms with van der Waals surface area (Å²) in [6, 6.07) is 20.9. The zero-order valence-electron chi connectivity index (χ0n) is 17.1. The maximum atomic E-state index is 3.74. The van der Waals surface area contributed by atoms with Crippen molar-refractivity contribution in [2.45, 2.75) is 59.8 Å². The van der Waals surface area contributed by atoms with Gasteiger partial charge in [-0.2, -0.15) is 0 Å². The van der Waals surface area contributed by atoms with Crippen molar-refractivity contribution < 1.29 is 0 Å². The first-order valence-corrected chi connectivity index (χ1v) is 9.60. The van der Waals surface area contributed by atoms with Crippen LogP contribution in [0.1, 0.15) is 70.9 Å². The quantitative estimate of drug-likeness (QED) is 0.449. The topological polar surface area (TPSA) is 0 Å². The molecule has 2 unspecified atom stereocenters. The molecule has 2 aromatic carbocycles. The van der Waals surface area contributed by atoms with E-state index in [0.29, 0.717) is 11.8 Å². The molecule has 0 amide bonds. The SMILES string of the molecule is C.C=CC(C)c1ccccc1.C=CCC.CCC=CC(C)c1ccccc1. The van der Waals surface area contributed by atoms with Gasteiger partial charge < -0.3 is 0 Å². The van der Waals surface area contributed by atoms with E-state index >= 15 is 0 Å². The molecule has 0 heterocycles. The highest BCUT2D eigenvalue weighted by molar-refractivity contribution is 5.23. The smallest absolute Gasteiger partial charge is 0.00104 e. The molecule has 2 rings (SSSR count). The molecule has 0 radical (unpaired) electrons. The van der Waals surface area contributed by atoms with E-state index < -0.39 is 0 Å². The zero-order valence-corrected chi connectivity index (χ0v) is 17.1. The monoisotopic (exact) mass is 364 g/mol. The molecule has 0 saturated heterocycles. The van der Waals surface area contributed by atoms with Crippen LogP contribution in [0.3, 0.4) is 0 Å². The lowest BCUT2D eigenvalue weighted by molar-refractivity contribution is 0.957. The summed E-state index contributed by atoms with van der Waals surface area (Å²) in [5.74, 6) is 1.02. The van der Waals surface area contributed by atoms with Crippen LogP contribution in [-0.2, 0) is 0 Å². The van der Waals surface area contributed by atoms with E-state index in [1.54, 1.807) is 0 Å². The van der Waals surface area contributed by atoms with Crippen molar-refractivity contribution in [2.75, 3.05) is 0 Å². The molecular weight excluding hydrogens is 324 g/mol. The van der Waals surface area contributed by atoms with Crippen LogP contribution in [0.25, 0.3) is 0 Å². The van der Waals surface area contributed by atoms with E-state index in [2.05, 4.69) is 108 Å². The minimum absolute atomic E-state index is 0. The largest absolute Gasteiger partial charge is 0.103 e. The summed E-state index contributed by atoms with van der Waals surface area (Å²) < 4.78 is 0. The molecule has 0 saturated carbocycles. The molecule has 0 aromatic heterocycles. The molecule has 2 aromatic rings. The standard InChI is InChI=1S/C12H16.C10H12.C4H8.CH4/c1-3-4-8-11(2)12-9-6-5-7-10-12;1-3-9(2)10-7-5-4-6-8-10;1-3-4-2;/h4-11H,3H2,1-2H3;3-9H,1H2,2H3;3H,1,4H2,2H3;1H4. The van der Waals surface area contributed by atoms with E-state index in [4.69, 9.17) is 0 Å². The maximum absolute atomic E-state index is 3.74. The van der Waals surface area contributed by atoms with Gasteiger partial charge in [-0.25, -0.2) is 0 Å². The number of rotatable bonds is 6. The summed E-state index contributed by atoms with van der Waals surface area (Å²) in [5.41, 5.74) is 2.72. The molecule has 0 fully saturated rings. The van der Waals surface area contributed by atoms with Gasteiger partial charge in [-0.15, -0.1) is 13.2 Å². The van der Waals surface area contributed by atoms with Gasteiger partial charge in [0.05, 0.1) is 0 Å². The summed E-state index contributed by atoms with van der Waals surface area (Å²) >= 11 is 0. The molecule has 0 nitrogen and oxygen atoms in total. The molecule has 0 aliphatic heterocycles. The van der Waals surface area contributed by atoms with Crippen molar-refractivity contribution in [3.63, 3.8) is 0 Å². The van der Waals surface area contributed by atoms with Crippen molar-refractivity contribution >= 4 is 0 Å². The second-order valence-corrected chi connectivity index (χ2v) is 6.17. The van der Waals surface area contributed by atoms with Crippen molar-refractivity contribution in [2.24, 2.45) is 0 Å². The summed E-state index contributed by atoms with van der Waals surface area (Å²) in [5, 5.41) is 0. The van der Waals surface area contributed by atoms with Crippen LogP contribution in [0.2, 0.25) is 0 Å². The second-order valence-electron chi connectivity index (χ2n) is 6.17. The molecule has 0 aliphatic carbocycles. The lowest BCUT2D eigenvalue weighted by Crippen LogP contribution is -1.86. The van der Waals surface area contributed by atoms with Crippen LogP contribution in [0.15, 0.2) is 98.1 Å². The van der Waals surface area contributed by atoms with Gasteiger partial charge in [0, 0.05) is 0 Å². The first-order chi connectivity index (χ1) is 12.6.